The lowest BCUT2D eigenvalue weighted by molar-refractivity contribution is -0.118. The van der Waals surface area contributed by atoms with Gasteiger partial charge in [-0.1, -0.05) is 0 Å². The van der Waals surface area contributed by atoms with Gasteiger partial charge in [-0.15, -0.1) is 11.3 Å². The first-order valence-electron chi connectivity index (χ1n) is 7.54. The second-order valence-electron chi connectivity index (χ2n) is 5.80. The van der Waals surface area contributed by atoms with Gasteiger partial charge >= 0.3 is 0 Å². The number of nitrogens with zero attached hydrogens (tertiary/aromatic N) is 2. The van der Waals surface area contributed by atoms with Crippen LogP contribution in [0.25, 0.3) is 10.2 Å². The molecule has 1 aliphatic rings. The van der Waals surface area contributed by atoms with Crippen LogP contribution in [-0.2, 0) is 4.79 Å². The minimum Gasteiger partial charge on any atom is -0.370 e. The summed E-state index contributed by atoms with van der Waals surface area (Å²) in [7, 11) is 0. The number of likely N-dealkylation sites (tertiary alicyclic amines) is 1. The molecule has 116 valence electrons. The number of rotatable bonds is 4. The van der Waals surface area contributed by atoms with Crippen LogP contribution in [0.4, 0.5) is 0 Å². The Morgan fingerprint density at radius 2 is 2.27 bits per heavy atom. The summed E-state index contributed by atoms with van der Waals surface area (Å²) < 4.78 is 1.04. The minimum atomic E-state index is -0.265. The average Bonchev–Trinajstić information content (AvgIpc) is 3.00. The minimum absolute atomic E-state index is 0.0686. The first-order chi connectivity index (χ1) is 10.6. The molecule has 0 radical (unpaired) electrons. The van der Waals surface area contributed by atoms with Crippen LogP contribution in [0.15, 0.2) is 23.7 Å². The van der Waals surface area contributed by atoms with E-state index in [4.69, 9.17) is 5.73 Å². The number of nitrogens with two attached hydrogens (primary N) is 1. The third-order valence-electron chi connectivity index (χ3n) is 4.18. The van der Waals surface area contributed by atoms with Gasteiger partial charge in [0, 0.05) is 25.1 Å². The summed E-state index contributed by atoms with van der Waals surface area (Å²) in [6.45, 7) is 1.50. The molecule has 0 spiro atoms. The fourth-order valence-corrected chi connectivity index (χ4v) is 3.72. The van der Waals surface area contributed by atoms with Crippen molar-refractivity contribution in [3.8, 4) is 0 Å². The number of carbonyl (C=O) groups is 2. The lowest BCUT2D eigenvalue weighted by atomic mass is 9.93. The van der Waals surface area contributed by atoms with Gasteiger partial charge in [-0.2, -0.15) is 0 Å². The smallest absolute Gasteiger partial charge is 0.253 e. The molecule has 2 heterocycles. The van der Waals surface area contributed by atoms with Crippen molar-refractivity contribution in [2.75, 3.05) is 13.1 Å². The highest BCUT2D eigenvalue weighted by atomic mass is 32.1. The SMILES string of the molecule is NC(=O)CCC1CCCN(C(=O)c2ccc3ncsc3c2)C1. The molecule has 1 aromatic carbocycles. The van der Waals surface area contributed by atoms with Crippen molar-refractivity contribution in [2.24, 2.45) is 11.7 Å². The van der Waals surface area contributed by atoms with Crippen molar-refractivity contribution < 1.29 is 9.59 Å². The molecule has 0 aliphatic carbocycles. The fraction of sp³-hybridized carbons (Fsp3) is 0.438. The molecule has 22 heavy (non-hydrogen) atoms. The standard InChI is InChI=1S/C16H19N3O2S/c17-15(20)6-3-11-2-1-7-19(9-11)16(21)12-4-5-13-14(8-12)22-10-18-13/h4-5,8,10-11H,1-3,6-7,9H2,(H2,17,20). The molecule has 1 atom stereocenters. The van der Waals surface area contributed by atoms with Crippen LogP contribution >= 0.6 is 11.3 Å². The number of fused-ring (bicyclic) bond motifs is 1. The normalized spacial score (nSPS) is 18.5. The Morgan fingerprint density at radius 1 is 1.41 bits per heavy atom. The van der Waals surface area contributed by atoms with Crippen LogP contribution in [0.3, 0.4) is 0 Å². The average molecular weight is 317 g/mol. The van der Waals surface area contributed by atoms with E-state index in [1.165, 1.54) is 0 Å². The van der Waals surface area contributed by atoms with Crippen molar-refractivity contribution in [1.29, 1.82) is 0 Å². The molecular formula is C16H19N3O2S. The molecule has 1 unspecified atom stereocenters. The second kappa shape index (κ2) is 6.44. The largest absolute Gasteiger partial charge is 0.370 e. The van der Waals surface area contributed by atoms with E-state index in [1.807, 2.05) is 23.1 Å². The van der Waals surface area contributed by atoms with Gasteiger partial charge in [0.2, 0.25) is 5.91 Å². The van der Waals surface area contributed by atoms with Gasteiger partial charge in [0.15, 0.2) is 0 Å². The second-order valence-corrected chi connectivity index (χ2v) is 6.69. The molecular weight excluding hydrogens is 298 g/mol. The van der Waals surface area contributed by atoms with E-state index in [1.54, 1.807) is 16.8 Å². The van der Waals surface area contributed by atoms with Crippen LogP contribution in [-0.4, -0.2) is 34.8 Å². The van der Waals surface area contributed by atoms with Gasteiger partial charge in [0.1, 0.15) is 0 Å². The Labute approximate surface area is 133 Å². The number of hydrogen-bond donors (Lipinski definition) is 1. The van der Waals surface area contributed by atoms with E-state index in [2.05, 4.69) is 4.98 Å². The van der Waals surface area contributed by atoms with Crippen molar-refractivity contribution >= 4 is 33.4 Å². The Balaban J connectivity index is 1.69. The Morgan fingerprint density at radius 3 is 3.09 bits per heavy atom. The Hall–Kier alpha value is -1.95. The van der Waals surface area contributed by atoms with Gasteiger partial charge in [0.25, 0.3) is 5.91 Å². The number of benzene rings is 1. The zero-order valence-corrected chi connectivity index (χ0v) is 13.1. The summed E-state index contributed by atoms with van der Waals surface area (Å²) in [5.41, 5.74) is 8.65. The summed E-state index contributed by atoms with van der Waals surface area (Å²) >= 11 is 1.54. The van der Waals surface area contributed by atoms with Crippen LogP contribution < -0.4 is 5.73 Å². The molecule has 3 rings (SSSR count). The van der Waals surface area contributed by atoms with E-state index < -0.39 is 0 Å². The zero-order chi connectivity index (χ0) is 15.5. The highest BCUT2D eigenvalue weighted by molar-refractivity contribution is 7.16. The third kappa shape index (κ3) is 3.27. The van der Waals surface area contributed by atoms with Crippen LogP contribution in [0.5, 0.6) is 0 Å². The van der Waals surface area contributed by atoms with Gasteiger partial charge < -0.3 is 10.6 Å². The highest BCUT2D eigenvalue weighted by Crippen LogP contribution is 2.24. The summed E-state index contributed by atoms with van der Waals surface area (Å²) in [6.07, 6.45) is 3.22. The number of aromatic nitrogens is 1. The molecule has 2 N–H and O–H groups in total. The maximum atomic E-state index is 12.7. The summed E-state index contributed by atoms with van der Waals surface area (Å²) in [5.74, 6) is 0.176. The summed E-state index contributed by atoms with van der Waals surface area (Å²) in [4.78, 5) is 29.7. The molecule has 2 aromatic rings. The predicted octanol–water partition coefficient (Wildman–Crippen LogP) is 2.41. The van der Waals surface area contributed by atoms with Gasteiger partial charge in [-0.3, -0.25) is 9.59 Å². The number of primary amides is 1. The Bertz CT molecular complexity index is 698. The van der Waals surface area contributed by atoms with Crippen LogP contribution in [0.2, 0.25) is 0 Å². The molecule has 0 bridgehead atoms. The van der Waals surface area contributed by atoms with E-state index in [-0.39, 0.29) is 11.8 Å². The number of piperidine rings is 1. The molecule has 1 aliphatic heterocycles. The fourth-order valence-electron chi connectivity index (χ4n) is 3.00. The van der Waals surface area contributed by atoms with Crippen molar-refractivity contribution in [3.05, 3.63) is 29.3 Å². The molecule has 0 saturated carbocycles. The van der Waals surface area contributed by atoms with Gasteiger partial charge in [-0.25, -0.2) is 4.98 Å². The van der Waals surface area contributed by atoms with E-state index >= 15 is 0 Å². The van der Waals surface area contributed by atoms with Crippen LogP contribution in [0.1, 0.15) is 36.0 Å². The predicted molar refractivity (Wildman–Crippen MR) is 86.7 cm³/mol. The lowest BCUT2D eigenvalue weighted by Crippen LogP contribution is -2.40. The molecule has 1 aromatic heterocycles. The lowest BCUT2D eigenvalue weighted by Gasteiger charge is -2.32. The summed E-state index contributed by atoms with van der Waals surface area (Å²) in [5, 5.41) is 0. The maximum Gasteiger partial charge on any atom is 0.253 e. The number of carbonyl (C=O) groups excluding carboxylic acids is 2. The first kappa shape index (κ1) is 15.0. The number of thiazole rings is 1. The third-order valence-corrected chi connectivity index (χ3v) is 4.98. The van der Waals surface area contributed by atoms with Crippen molar-refractivity contribution in [2.45, 2.75) is 25.7 Å². The number of hydrogen-bond acceptors (Lipinski definition) is 4. The number of amides is 2. The maximum absolute atomic E-state index is 12.7. The van der Waals surface area contributed by atoms with E-state index in [0.29, 0.717) is 24.4 Å². The van der Waals surface area contributed by atoms with E-state index in [9.17, 15) is 9.59 Å². The van der Waals surface area contributed by atoms with E-state index in [0.717, 1.165) is 36.0 Å². The van der Waals surface area contributed by atoms with Gasteiger partial charge in [-0.05, 0) is 43.4 Å². The molecule has 6 heteroatoms. The first-order valence-corrected chi connectivity index (χ1v) is 8.42. The molecule has 1 saturated heterocycles. The molecule has 5 nitrogen and oxygen atoms in total. The van der Waals surface area contributed by atoms with Crippen LogP contribution in [0, 0.1) is 5.92 Å². The summed E-state index contributed by atoms with van der Waals surface area (Å²) in [6, 6.07) is 5.66. The molecule has 1 fully saturated rings. The van der Waals surface area contributed by atoms with Crippen molar-refractivity contribution in [1.82, 2.24) is 9.88 Å². The quantitative estimate of drug-likeness (QED) is 0.941. The topological polar surface area (TPSA) is 76.3 Å². The monoisotopic (exact) mass is 317 g/mol. The zero-order valence-electron chi connectivity index (χ0n) is 12.3. The Kier molecular flexibility index (Phi) is 4.38. The van der Waals surface area contributed by atoms with Gasteiger partial charge in [0.05, 0.1) is 15.7 Å². The van der Waals surface area contributed by atoms with Crippen molar-refractivity contribution in [3.63, 3.8) is 0 Å². The molecule has 2 amide bonds. The highest BCUT2D eigenvalue weighted by Gasteiger charge is 2.24.